The molecule has 1 atom stereocenters. The third-order valence-corrected chi connectivity index (χ3v) is 5.68. The summed E-state index contributed by atoms with van der Waals surface area (Å²) in [7, 11) is 0. The van der Waals surface area contributed by atoms with Gasteiger partial charge in [0.2, 0.25) is 0 Å². The Morgan fingerprint density at radius 1 is 0.969 bits per heavy atom. The normalized spacial score (nSPS) is 15.6. The summed E-state index contributed by atoms with van der Waals surface area (Å²) in [6, 6.07) is 27.7. The average Bonchev–Trinajstić information content (AvgIpc) is 3.29. The molecule has 158 valence electrons. The molecule has 2 heterocycles. The number of nitrogens with zero attached hydrogens (tertiary/aromatic N) is 3. The van der Waals surface area contributed by atoms with Crippen molar-refractivity contribution in [3.63, 3.8) is 0 Å². The molecule has 0 radical (unpaired) electrons. The van der Waals surface area contributed by atoms with Crippen LogP contribution in [0.4, 0.5) is 0 Å². The Bertz CT molecular complexity index is 1280. The van der Waals surface area contributed by atoms with E-state index in [1.807, 2.05) is 60.7 Å². The molecular weight excluding hydrogens is 398 g/mol. The summed E-state index contributed by atoms with van der Waals surface area (Å²) in [5, 5.41) is 7.27. The molecule has 32 heavy (non-hydrogen) atoms. The Morgan fingerprint density at radius 3 is 2.56 bits per heavy atom. The van der Waals surface area contributed by atoms with Crippen LogP contribution in [-0.2, 0) is 4.79 Å². The van der Waals surface area contributed by atoms with Crippen molar-refractivity contribution in [2.75, 3.05) is 6.61 Å². The van der Waals surface area contributed by atoms with Gasteiger partial charge in [-0.15, -0.1) is 0 Å². The largest absolute Gasteiger partial charge is 0.481 e. The van der Waals surface area contributed by atoms with Gasteiger partial charge < -0.3 is 4.74 Å². The number of amides is 1. The van der Waals surface area contributed by atoms with Gasteiger partial charge in [0.15, 0.2) is 6.61 Å². The van der Waals surface area contributed by atoms with E-state index in [0.29, 0.717) is 12.2 Å². The highest BCUT2D eigenvalue weighted by molar-refractivity contribution is 6.03. The molecule has 0 N–H and O–H groups in total. The van der Waals surface area contributed by atoms with E-state index in [4.69, 9.17) is 9.84 Å². The first-order valence-corrected chi connectivity index (χ1v) is 10.7. The predicted octanol–water partition coefficient (Wildman–Crippen LogP) is 5.30. The first kappa shape index (κ1) is 19.9. The van der Waals surface area contributed by atoms with Gasteiger partial charge in [0.1, 0.15) is 11.3 Å². The molecule has 1 amide bonds. The van der Waals surface area contributed by atoms with Crippen molar-refractivity contribution in [3.05, 3.63) is 108 Å². The molecule has 0 fully saturated rings. The maximum Gasteiger partial charge on any atom is 0.281 e. The predicted molar refractivity (Wildman–Crippen MR) is 126 cm³/mol. The Hall–Kier alpha value is -3.99. The fraction of sp³-hybridized carbons (Fsp3) is 0.148. The zero-order chi connectivity index (χ0) is 21.9. The lowest BCUT2D eigenvalue weighted by molar-refractivity contribution is -0.135. The number of pyridine rings is 1. The molecule has 4 aromatic rings. The standard InChI is InChI=1S/C27H23N3O2/c1-19-12-14-21(15-13-19)24-17-23(20-7-3-2-4-8-20)29-30(24)26(31)18-32-25-11-5-9-22-10-6-16-28-27(22)25/h2-16,24H,17-18H2,1H3. The fourth-order valence-corrected chi connectivity index (χ4v) is 3.99. The lowest BCUT2D eigenvalue weighted by atomic mass is 9.98. The third-order valence-electron chi connectivity index (χ3n) is 5.68. The fourth-order valence-electron chi connectivity index (χ4n) is 3.99. The second kappa shape index (κ2) is 8.63. The summed E-state index contributed by atoms with van der Waals surface area (Å²) in [5.41, 5.74) is 4.91. The van der Waals surface area contributed by atoms with Crippen LogP contribution in [0.2, 0.25) is 0 Å². The zero-order valence-corrected chi connectivity index (χ0v) is 17.8. The quantitative estimate of drug-likeness (QED) is 0.439. The van der Waals surface area contributed by atoms with Crippen molar-refractivity contribution >= 4 is 22.5 Å². The van der Waals surface area contributed by atoms with Gasteiger partial charge in [0, 0.05) is 18.0 Å². The molecule has 0 spiro atoms. The van der Waals surface area contributed by atoms with Gasteiger partial charge in [0.05, 0.1) is 11.8 Å². The van der Waals surface area contributed by atoms with Gasteiger partial charge in [0.25, 0.3) is 5.91 Å². The van der Waals surface area contributed by atoms with Gasteiger partial charge in [-0.05, 0) is 30.2 Å². The van der Waals surface area contributed by atoms with E-state index in [-0.39, 0.29) is 18.6 Å². The summed E-state index contributed by atoms with van der Waals surface area (Å²) >= 11 is 0. The number of aromatic nitrogens is 1. The number of carbonyl (C=O) groups is 1. The molecule has 1 unspecified atom stereocenters. The van der Waals surface area contributed by atoms with E-state index in [1.165, 1.54) is 5.56 Å². The van der Waals surface area contributed by atoms with Crippen LogP contribution >= 0.6 is 0 Å². The van der Waals surface area contributed by atoms with Crippen LogP contribution in [0.15, 0.2) is 96.2 Å². The van der Waals surface area contributed by atoms with Gasteiger partial charge >= 0.3 is 0 Å². The first-order valence-electron chi connectivity index (χ1n) is 10.7. The SMILES string of the molecule is Cc1ccc(C2CC(c3ccccc3)=NN2C(=O)COc2cccc3cccnc23)cc1. The summed E-state index contributed by atoms with van der Waals surface area (Å²) in [6.45, 7) is 1.95. The molecule has 5 nitrogen and oxygen atoms in total. The minimum Gasteiger partial charge on any atom is -0.481 e. The number of hydrazone groups is 1. The van der Waals surface area contributed by atoms with Crippen LogP contribution in [0.1, 0.15) is 29.2 Å². The molecule has 0 saturated heterocycles. The lowest BCUT2D eigenvalue weighted by Gasteiger charge is -2.22. The molecule has 5 rings (SSSR count). The van der Waals surface area contributed by atoms with E-state index in [1.54, 1.807) is 11.2 Å². The third kappa shape index (κ3) is 3.97. The molecule has 0 bridgehead atoms. The van der Waals surface area contributed by atoms with Crippen molar-refractivity contribution in [2.45, 2.75) is 19.4 Å². The van der Waals surface area contributed by atoms with Gasteiger partial charge in [-0.2, -0.15) is 5.10 Å². The Morgan fingerprint density at radius 2 is 1.75 bits per heavy atom. The van der Waals surface area contributed by atoms with E-state index in [0.717, 1.165) is 27.7 Å². The Labute approximate surface area is 187 Å². The minimum atomic E-state index is -0.186. The number of ether oxygens (including phenoxy) is 1. The highest BCUT2D eigenvalue weighted by Gasteiger charge is 2.33. The number of hydrogen-bond acceptors (Lipinski definition) is 4. The molecule has 1 aliphatic rings. The number of fused-ring (bicyclic) bond motifs is 1. The maximum absolute atomic E-state index is 13.3. The molecule has 0 aliphatic carbocycles. The van der Waals surface area contributed by atoms with Crippen LogP contribution in [0.5, 0.6) is 5.75 Å². The number of hydrogen-bond donors (Lipinski definition) is 0. The lowest BCUT2D eigenvalue weighted by Crippen LogP contribution is -2.31. The number of aryl methyl sites for hydroxylation is 1. The minimum absolute atomic E-state index is 0.108. The first-order chi connectivity index (χ1) is 15.7. The second-order valence-electron chi connectivity index (χ2n) is 7.90. The van der Waals surface area contributed by atoms with Crippen LogP contribution in [0.3, 0.4) is 0 Å². The van der Waals surface area contributed by atoms with Crippen molar-refractivity contribution < 1.29 is 9.53 Å². The smallest absolute Gasteiger partial charge is 0.281 e. The molecule has 0 saturated carbocycles. The summed E-state index contributed by atoms with van der Waals surface area (Å²) in [4.78, 5) is 17.7. The van der Waals surface area contributed by atoms with Crippen molar-refractivity contribution in [1.29, 1.82) is 0 Å². The Balaban J connectivity index is 1.41. The van der Waals surface area contributed by atoms with E-state index >= 15 is 0 Å². The maximum atomic E-state index is 13.3. The monoisotopic (exact) mass is 421 g/mol. The average molecular weight is 422 g/mol. The van der Waals surface area contributed by atoms with Crippen molar-refractivity contribution in [1.82, 2.24) is 9.99 Å². The van der Waals surface area contributed by atoms with Crippen molar-refractivity contribution in [3.8, 4) is 5.75 Å². The number of rotatable bonds is 5. The number of carbonyl (C=O) groups excluding carboxylic acids is 1. The summed E-state index contributed by atoms with van der Waals surface area (Å²) < 4.78 is 5.91. The highest BCUT2D eigenvalue weighted by Crippen LogP contribution is 2.33. The van der Waals surface area contributed by atoms with E-state index in [9.17, 15) is 4.79 Å². The van der Waals surface area contributed by atoms with Crippen LogP contribution in [0.25, 0.3) is 10.9 Å². The van der Waals surface area contributed by atoms with Crippen LogP contribution in [0, 0.1) is 6.92 Å². The molecule has 5 heteroatoms. The van der Waals surface area contributed by atoms with E-state index < -0.39 is 0 Å². The van der Waals surface area contributed by atoms with Gasteiger partial charge in [-0.1, -0.05) is 78.4 Å². The van der Waals surface area contributed by atoms with Crippen molar-refractivity contribution in [2.24, 2.45) is 5.10 Å². The summed E-state index contributed by atoms with van der Waals surface area (Å²) in [6.07, 6.45) is 2.38. The topological polar surface area (TPSA) is 54.8 Å². The second-order valence-corrected chi connectivity index (χ2v) is 7.90. The molecule has 1 aromatic heterocycles. The van der Waals surface area contributed by atoms with Crippen LogP contribution < -0.4 is 4.74 Å². The number of para-hydroxylation sites is 1. The van der Waals surface area contributed by atoms with Gasteiger partial charge in [-0.3, -0.25) is 9.78 Å². The summed E-state index contributed by atoms with van der Waals surface area (Å²) in [5.74, 6) is 0.407. The van der Waals surface area contributed by atoms with E-state index in [2.05, 4.69) is 36.2 Å². The zero-order valence-electron chi connectivity index (χ0n) is 17.8. The molecule has 1 aliphatic heterocycles. The molecular formula is C27H23N3O2. The van der Waals surface area contributed by atoms with Crippen LogP contribution in [-0.4, -0.2) is 28.2 Å². The molecule has 3 aromatic carbocycles. The Kier molecular flexibility index (Phi) is 5.38. The highest BCUT2D eigenvalue weighted by atomic mass is 16.5. The number of benzene rings is 3. The van der Waals surface area contributed by atoms with Gasteiger partial charge in [-0.25, -0.2) is 5.01 Å².